The minimum Gasteiger partial charge on any atom is -0.497 e. The maximum absolute atomic E-state index is 10.2. The number of rotatable bonds is 5. The van der Waals surface area contributed by atoms with Gasteiger partial charge in [-0.25, -0.2) is 0 Å². The zero-order chi connectivity index (χ0) is 14.5. The fourth-order valence-electron chi connectivity index (χ4n) is 2.24. The van der Waals surface area contributed by atoms with Crippen molar-refractivity contribution in [3.05, 3.63) is 59.2 Å². The molecule has 0 heterocycles. The maximum Gasteiger partial charge on any atom is 0.118 e. The highest BCUT2D eigenvalue weighted by Gasteiger charge is 2.09. The Balaban J connectivity index is 2.02. The van der Waals surface area contributed by atoms with Crippen LogP contribution in [0.25, 0.3) is 0 Å². The second-order valence-corrected chi connectivity index (χ2v) is 4.94. The average Bonchev–Trinajstić information content (AvgIpc) is 2.46. The minimum atomic E-state index is -0.542. The van der Waals surface area contributed by atoms with E-state index in [4.69, 9.17) is 4.74 Å². The Bertz CT molecular complexity index is 543. The van der Waals surface area contributed by atoms with Gasteiger partial charge in [0.2, 0.25) is 0 Å². The molecule has 0 saturated carbocycles. The van der Waals surface area contributed by atoms with E-state index >= 15 is 0 Å². The smallest absolute Gasteiger partial charge is 0.118 e. The number of benzene rings is 2. The van der Waals surface area contributed by atoms with Gasteiger partial charge in [-0.05, 0) is 42.7 Å². The molecule has 20 heavy (non-hydrogen) atoms. The molecule has 0 aliphatic rings. The number of hydrogen-bond donors (Lipinski definition) is 2. The van der Waals surface area contributed by atoms with Crippen LogP contribution in [0.4, 0.5) is 5.69 Å². The van der Waals surface area contributed by atoms with Gasteiger partial charge in [-0.2, -0.15) is 0 Å². The van der Waals surface area contributed by atoms with Gasteiger partial charge in [0, 0.05) is 12.2 Å². The van der Waals surface area contributed by atoms with Gasteiger partial charge in [0.25, 0.3) is 0 Å². The van der Waals surface area contributed by atoms with Crippen molar-refractivity contribution in [2.75, 3.05) is 19.0 Å². The Hall–Kier alpha value is -2.00. The lowest BCUT2D eigenvalue weighted by atomic mass is 10.1. The zero-order valence-electron chi connectivity index (χ0n) is 12.2. The first-order chi connectivity index (χ1) is 9.61. The van der Waals surface area contributed by atoms with E-state index in [1.54, 1.807) is 7.11 Å². The van der Waals surface area contributed by atoms with Gasteiger partial charge in [-0.15, -0.1) is 0 Å². The van der Waals surface area contributed by atoms with Crippen LogP contribution in [0.15, 0.2) is 42.5 Å². The van der Waals surface area contributed by atoms with Crippen LogP contribution >= 0.6 is 0 Å². The number of hydrogen-bond acceptors (Lipinski definition) is 3. The van der Waals surface area contributed by atoms with Crippen molar-refractivity contribution in [2.45, 2.75) is 20.0 Å². The fourth-order valence-corrected chi connectivity index (χ4v) is 2.24. The predicted octanol–water partition coefficient (Wildman–Crippen LogP) is 3.46. The van der Waals surface area contributed by atoms with Crippen LogP contribution in [0.2, 0.25) is 0 Å². The molecule has 0 fully saturated rings. The van der Waals surface area contributed by atoms with Crippen LogP contribution in [-0.2, 0) is 0 Å². The van der Waals surface area contributed by atoms with E-state index in [2.05, 4.69) is 31.3 Å². The van der Waals surface area contributed by atoms with Crippen molar-refractivity contribution in [1.29, 1.82) is 0 Å². The molecule has 0 radical (unpaired) electrons. The Morgan fingerprint density at radius 3 is 2.20 bits per heavy atom. The van der Waals surface area contributed by atoms with E-state index in [1.165, 1.54) is 11.1 Å². The molecular weight excluding hydrogens is 250 g/mol. The summed E-state index contributed by atoms with van der Waals surface area (Å²) in [7, 11) is 1.63. The lowest BCUT2D eigenvalue weighted by molar-refractivity contribution is 0.191. The Morgan fingerprint density at radius 1 is 1.05 bits per heavy atom. The zero-order valence-corrected chi connectivity index (χ0v) is 12.2. The molecule has 3 heteroatoms. The minimum absolute atomic E-state index is 0.484. The van der Waals surface area contributed by atoms with E-state index in [9.17, 15) is 5.11 Å². The molecule has 0 aliphatic carbocycles. The summed E-state index contributed by atoms with van der Waals surface area (Å²) in [5.41, 5.74) is 4.35. The highest BCUT2D eigenvalue weighted by atomic mass is 16.5. The van der Waals surface area contributed by atoms with Crippen molar-refractivity contribution in [1.82, 2.24) is 0 Å². The normalized spacial score (nSPS) is 12.0. The first-order valence-electron chi connectivity index (χ1n) is 6.74. The van der Waals surface area contributed by atoms with Gasteiger partial charge in [-0.3, -0.25) is 0 Å². The van der Waals surface area contributed by atoms with Gasteiger partial charge in [0.1, 0.15) is 5.75 Å². The summed E-state index contributed by atoms with van der Waals surface area (Å²) >= 11 is 0. The third-order valence-corrected chi connectivity index (χ3v) is 3.45. The van der Waals surface area contributed by atoms with Gasteiger partial charge in [0.15, 0.2) is 0 Å². The maximum atomic E-state index is 10.2. The third-order valence-electron chi connectivity index (χ3n) is 3.45. The topological polar surface area (TPSA) is 41.5 Å². The first kappa shape index (κ1) is 14.4. The number of anilines is 1. The third kappa shape index (κ3) is 3.31. The highest BCUT2D eigenvalue weighted by Crippen LogP contribution is 2.22. The number of aliphatic hydroxyl groups is 1. The molecule has 0 spiro atoms. The summed E-state index contributed by atoms with van der Waals surface area (Å²) in [5, 5.41) is 13.6. The highest BCUT2D eigenvalue weighted by molar-refractivity contribution is 5.56. The van der Waals surface area contributed by atoms with E-state index in [0.717, 1.165) is 17.0 Å². The van der Waals surface area contributed by atoms with Crippen molar-refractivity contribution in [2.24, 2.45) is 0 Å². The lowest BCUT2D eigenvalue weighted by Gasteiger charge is -2.16. The van der Waals surface area contributed by atoms with Gasteiger partial charge >= 0.3 is 0 Å². The number of ether oxygens (including phenoxy) is 1. The number of aliphatic hydroxyl groups excluding tert-OH is 1. The van der Waals surface area contributed by atoms with E-state index in [0.29, 0.717) is 6.54 Å². The van der Waals surface area contributed by atoms with Crippen molar-refractivity contribution >= 4 is 5.69 Å². The molecular formula is C17H21NO2. The summed E-state index contributed by atoms with van der Waals surface area (Å²) in [6.45, 7) is 4.61. The van der Waals surface area contributed by atoms with E-state index in [1.807, 2.05) is 30.3 Å². The molecule has 0 saturated heterocycles. The van der Waals surface area contributed by atoms with Crippen molar-refractivity contribution in [3.8, 4) is 5.75 Å². The van der Waals surface area contributed by atoms with Crippen molar-refractivity contribution < 1.29 is 9.84 Å². The fraction of sp³-hybridized carbons (Fsp3) is 0.294. The second-order valence-electron chi connectivity index (χ2n) is 4.94. The van der Waals surface area contributed by atoms with Crippen LogP contribution in [0.3, 0.4) is 0 Å². The molecule has 2 N–H and O–H groups in total. The molecule has 1 unspecified atom stereocenters. The van der Waals surface area contributed by atoms with Crippen molar-refractivity contribution in [3.63, 3.8) is 0 Å². The predicted molar refractivity (Wildman–Crippen MR) is 82.4 cm³/mol. The number of nitrogens with one attached hydrogen (secondary N) is 1. The van der Waals surface area contributed by atoms with Gasteiger partial charge < -0.3 is 15.2 Å². The van der Waals surface area contributed by atoms with E-state index in [-0.39, 0.29) is 0 Å². The molecule has 1 atom stereocenters. The summed E-state index contributed by atoms with van der Waals surface area (Å²) in [6.07, 6.45) is -0.542. The molecule has 106 valence electrons. The molecule has 0 amide bonds. The van der Waals surface area contributed by atoms with Gasteiger partial charge in [-0.1, -0.05) is 30.3 Å². The lowest BCUT2D eigenvalue weighted by Crippen LogP contribution is -2.13. The summed E-state index contributed by atoms with van der Waals surface area (Å²) < 4.78 is 5.11. The standard InChI is InChI=1S/C17H21NO2/c1-12-5-4-6-13(2)17(12)18-11-16(19)14-7-9-15(20-3)10-8-14/h4-10,16,18-19H,11H2,1-3H3. The van der Waals surface area contributed by atoms with Crippen LogP contribution in [0.5, 0.6) is 5.75 Å². The van der Waals surface area contributed by atoms with Crippen LogP contribution < -0.4 is 10.1 Å². The molecule has 3 nitrogen and oxygen atoms in total. The summed E-state index contributed by atoms with van der Waals surface area (Å²) in [5.74, 6) is 0.795. The first-order valence-corrected chi connectivity index (χ1v) is 6.74. The SMILES string of the molecule is COc1ccc(C(O)CNc2c(C)cccc2C)cc1. The molecule has 2 aromatic rings. The Labute approximate surface area is 120 Å². The van der Waals surface area contributed by atoms with Crippen LogP contribution in [0, 0.1) is 13.8 Å². The van der Waals surface area contributed by atoms with Crippen LogP contribution in [0.1, 0.15) is 22.8 Å². The average molecular weight is 271 g/mol. The molecule has 2 aromatic carbocycles. The number of aryl methyl sites for hydroxylation is 2. The number of methoxy groups -OCH3 is 1. The Kier molecular flexibility index (Phi) is 4.64. The largest absolute Gasteiger partial charge is 0.497 e. The molecule has 0 aliphatic heterocycles. The molecule has 2 rings (SSSR count). The number of para-hydroxylation sites is 1. The Morgan fingerprint density at radius 2 is 1.65 bits per heavy atom. The van der Waals surface area contributed by atoms with E-state index < -0.39 is 6.10 Å². The molecule has 0 aromatic heterocycles. The second kappa shape index (κ2) is 6.44. The summed E-state index contributed by atoms with van der Waals surface area (Å²) in [4.78, 5) is 0. The quantitative estimate of drug-likeness (QED) is 0.875. The van der Waals surface area contributed by atoms with Gasteiger partial charge in [0.05, 0.1) is 13.2 Å². The monoisotopic (exact) mass is 271 g/mol. The summed E-state index contributed by atoms with van der Waals surface area (Å²) in [6, 6.07) is 13.7. The van der Waals surface area contributed by atoms with Crippen LogP contribution in [-0.4, -0.2) is 18.8 Å². The molecule has 0 bridgehead atoms.